The number of hydrogen-bond donors (Lipinski definition) is 1. The molecule has 172 valence electrons. The zero-order chi connectivity index (χ0) is 24.1. The van der Waals surface area contributed by atoms with Gasteiger partial charge in [-0.25, -0.2) is 9.37 Å². The molecule has 0 spiro atoms. The van der Waals surface area contributed by atoms with Crippen LogP contribution >= 0.6 is 0 Å². The van der Waals surface area contributed by atoms with Crippen LogP contribution in [0.1, 0.15) is 21.6 Å². The van der Waals surface area contributed by atoms with Crippen LogP contribution in [0.5, 0.6) is 5.75 Å². The van der Waals surface area contributed by atoms with Crippen LogP contribution in [0.15, 0.2) is 30.6 Å². The highest BCUT2D eigenvalue weighted by atomic mass is 19.4. The Labute approximate surface area is 184 Å². The third-order valence-electron chi connectivity index (χ3n) is 5.24. The van der Waals surface area contributed by atoms with Gasteiger partial charge in [-0.2, -0.15) is 18.3 Å². The largest absolute Gasteiger partial charge is 0.495 e. The van der Waals surface area contributed by atoms with Gasteiger partial charge in [0.05, 0.1) is 36.5 Å². The minimum absolute atomic E-state index is 0.0895. The van der Waals surface area contributed by atoms with Gasteiger partial charge in [0.1, 0.15) is 28.6 Å². The molecule has 3 aromatic heterocycles. The summed E-state index contributed by atoms with van der Waals surface area (Å²) >= 11 is 0. The van der Waals surface area contributed by atoms with E-state index in [0.717, 1.165) is 17.0 Å². The number of nitrogens with zero attached hydrogens (tertiary/aromatic N) is 5. The van der Waals surface area contributed by atoms with Crippen molar-refractivity contribution in [2.75, 3.05) is 19.9 Å². The van der Waals surface area contributed by atoms with Crippen LogP contribution in [0.3, 0.4) is 0 Å². The zero-order valence-corrected chi connectivity index (χ0v) is 17.7. The van der Waals surface area contributed by atoms with Gasteiger partial charge in [-0.15, -0.1) is 0 Å². The number of anilines is 1. The molecule has 8 nitrogen and oxygen atoms in total. The lowest BCUT2D eigenvalue weighted by Gasteiger charge is -2.19. The first-order valence-electron chi connectivity index (χ1n) is 9.57. The summed E-state index contributed by atoms with van der Waals surface area (Å²) in [6.07, 6.45) is -2.39. The number of pyridine rings is 2. The third-order valence-corrected chi connectivity index (χ3v) is 5.24. The number of ether oxygens (including phenoxy) is 1. The molecule has 1 aromatic carbocycles. The summed E-state index contributed by atoms with van der Waals surface area (Å²) in [5.41, 5.74) is 5.62. The number of fused-ring (bicyclic) bond motifs is 3. The summed E-state index contributed by atoms with van der Waals surface area (Å²) in [6, 6.07) is 3.26. The highest BCUT2D eigenvalue weighted by molar-refractivity contribution is 6.10. The van der Waals surface area contributed by atoms with Crippen LogP contribution in [-0.2, 0) is 19.8 Å². The average molecular weight is 462 g/mol. The number of alkyl halides is 3. The molecule has 0 radical (unpaired) electrons. The molecule has 0 aliphatic heterocycles. The molecular weight excluding hydrogens is 444 g/mol. The lowest BCUT2D eigenvalue weighted by molar-refractivity contribution is -0.138. The average Bonchev–Trinajstić information content (AvgIpc) is 3.14. The molecule has 3 heterocycles. The monoisotopic (exact) mass is 462 g/mol. The van der Waals surface area contributed by atoms with Gasteiger partial charge < -0.3 is 15.4 Å². The zero-order valence-electron chi connectivity index (χ0n) is 17.7. The Morgan fingerprint density at radius 2 is 1.94 bits per heavy atom. The van der Waals surface area contributed by atoms with Crippen LogP contribution in [0, 0.1) is 5.82 Å². The van der Waals surface area contributed by atoms with E-state index in [0.29, 0.717) is 22.5 Å². The second kappa shape index (κ2) is 7.87. The van der Waals surface area contributed by atoms with E-state index in [1.54, 1.807) is 13.2 Å². The molecule has 0 aliphatic rings. The van der Waals surface area contributed by atoms with Crippen molar-refractivity contribution in [3.63, 3.8) is 0 Å². The van der Waals surface area contributed by atoms with Crippen LogP contribution < -0.4 is 10.5 Å². The first-order chi connectivity index (χ1) is 15.5. The highest BCUT2D eigenvalue weighted by Crippen LogP contribution is 2.33. The van der Waals surface area contributed by atoms with E-state index in [1.807, 2.05) is 0 Å². The van der Waals surface area contributed by atoms with Crippen molar-refractivity contribution >= 4 is 33.5 Å². The van der Waals surface area contributed by atoms with Crippen molar-refractivity contribution in [2.45, 2.75) is 12.7 Å². The van der Waals surface area contributed by atoms with Crippen molar-refractivity contribution in [1.29, 1.82) is 0 Å². The van der Waals surface area contributed by atoms with Crippen LogP contribution in [0.2, 0.25) is 0 Å². The van der Waals surface area contributed by atoms with Crippen molar-refractivity contribution in [1.82, 2.24) is 24.6 Å². The Hall–Kier alpha value is -3.96. The van der Waals surface area contributed by atoms with Crippen molar-refractivity contribution in [2.24, 2.45) is 7.05 Å². The number of aromatic nitrogens is 4. The van der Waals surface area contributed by atoms with E-state index in [9.17, 15) is 22.4 Å². The van der Waals surface area contributed by atoms with Crippen molar-refractivity contribution in [3.8, 4) is 5.75 Å². The molecule has 0 unspecified atom stereocenters. The van der Waals surface area contributed by atoms with E-state index < -0.39 is 23.5 Å². The summed E-state index contributed by atoms with van der Waals surface area (Å²) in [4.78, 5) is 22.1. The molecule has 0 atom stereocenters. The molecule has 0 bridgehead atoms. The highest BCUT2D eigenvalue weighted by Gasteiger charge is 2.32. The minimum Gasteiger partial charge on any atom is -0.495 e. The molecule has 0 saturated carbocycles. The maximum atomic E-state index is 14.8. The molecule has 4 aromatic rings. The van der Waals surface area contributed by atoms with Gasteiger partial charge in [-0.05, 0) is 12.1 Å². The molecule has 1 amide bonds. The Balaban J connectivity index is 1.70. The molecule has 0 fully saturated rings. The lowest BCUT2D eigenvalue weighted by atomic mass is 10.1. The number of amides is 1. The molecule has 4 rings (SSSR count). The SMILES string of the molecule is COc1cc(C(F)(F)F)cnc1CN(C)C(=O)c1cc2c(cc1F)nc(N)c1c2cnn1C. The number of methoxy groups -OCH3 is 1. The minimum atomic E-state index is -4.59. The molecule has 2 N–H and O–H groups in total. The van der Waals surface area contributed by atoms with Gasteiger partial charge in [0.15, 0.2) is 0 Å². The van der Waals surface area contributed by atoms with Gasteiger partial charge >= 0.3 is 6.18 Å². The number of carbonyl (C=O) groups is 1. The molecule has 0 saturated heterocycles. The molecule has 12 heteroatoms. The van der Waals surface area contributed by atoms with E-state index in [-0.39, 0.29) is 34.9 Å². The molecule has 0 aliphatic carbocycles. The molecule has 33 heavy (non-hydrogen) atoms. The summed E-state index contributed by atoms with van der Waals surface area (Å²) in [5.74, 6) is -1.48. The van der Waals surface area contributed by atoms with E-state index in [2.05, 4.69) is 15.1 Å². The fraction of sp³-hybridized carbons (Fsp3) is 0.238. The van der Waals surface area contributed by atoms with Gasteiger partial charge in [-0.1, -0.05) is 0 Å². The van der Waals surface area contributed by atoms with E-state index in [4.69, 9.17) is 10.5 Å². The smallest absolute Gasteiger partial charge is 0.418 e. The first-order valence-corrected chi connectivity index (χ1v) is 9.57. The number of rotatable bonds is 4. The van der Waals surface area contributed by atoms with E-state index >= 15 is 0 Å². The number of hydrogen-bond acceptors (Lipinski definition) is 6. The van der Waals surface area contributed by atoms with Crippen LogP contribution in [0.4, 0.5) is 23.4 Å². The second-order valence-corrected chi connectivity index (χ2v) is 7.41. The topological polar surface area (TPSA) is 99.2 Å². The number of aryl methyl sites for hydroxylation is 1. The van der Waals surface area contributed by atoms with Gasteiger partial charge in [0, 0.05) is 37.1 Å². The van der Waals surface area contributed by atoms with Crippen molar-refractivity contribution < 1.29 is 27.1 Å². The van der Waals surface area contributed by atoms with Gasteiger partial charge in [0.2, 0.25) is 0 Å². The van der Waals surface area contributed by atoms with Crippen LogP contribution in [-0.4, -0.2) is 44.7 Å². The number of benzene rings is 1. The standard InChI is InChI=1S/C21H18F4N6O2/c1-30(9-16-17(33-3)4-10(7-27-16)21(23,24)25)20(32)12-5-11-13-8-28-31(2)18(13)19(26)29-15(11)6-14(12)22/h4-8H,9H2,1-3H3,(H2,26,29). The fourth-order valence-electron chi connectivity index (χ4n) is 3.58. The predicted octanol–water partition coefficient (Wildman–Crippen LogP) is 3.54. The summed E-state index contributed by atoms with van der Waals surface area (Å²) < 4.78 is 60.2. The summed E-state index contributed by atoms with van der Waals surface area (Å²) in [5, 5.41) is 5.23. The number of nitrogen functional groups attached to an aromatic ring is 1. The lowest BCUT2D eigenvalue weighted by Crippen LogP contribution is -2.28. The maximum absolute atomic E-state index is 14.8. The van der Waals surface area contributed by atoms with Gasteiger partial charge in [0.25, 0.3) is 5.91 Å². The summed E-state index contributed by atoms with van der Waals surface area (Å²) in [6.45, 7) is -0.208. The van der Waals surface area contributed by atoms with E-state index in [1.165, 1.54) is 24.9 Å². The second-order valence-electron chi connectivity index (χ2n) is 7.41. The number of halogens is 4. The number of carbonyl (C=O) groups excluding carboxylic acids is 1. The first kappa shape index (κ1) is 22.2. The number of nitrogens with two attached hydrogens (primary N) is 1. The fourth-order valence-corrected chi connectivity index (χ4v) is 3.58. The Morgan fingerprint density at radius 1 is 1.21 bits per heavy atom. The summed E-state index contributed by atoms with van der Waals surface area (Å²) in [7, 11) is 4.26. The molecular formula is C21H18F4N6O2. The quantitative estimate of drug-likeness (QED) is 0.466. The van der Waals surface area contributed by atoms with Gasteiger partial charge in [-0.3, -0.25) is 14.5 Å². The van der Waals surface area contributed by atoms with Crippen molar-refractivity contribution in [3.05, 3.63) is 53.2 Å². The Bertz CT molecular complexity index is 1400. The normalized spacial score (nSPS) is 11.8. The Kier molecular flexibility index (Phi) is 5.30. The maximum Gasteiger partial charge on any atom is 0.418 e. The van der Waals surface area contributed by atoms with Crippen LogP contribution in [0.25, 0.3) is 21.8 Å². The Morgan fingerprint density at radius 3 is 2.61 bits per heavy atom. The predicted molar refractivity (Wildman–Crippen MR) is 112 cm³/mol. The third kappa shape index (κ3) is 3.88.